The number of aliphatic carboxylic acids is 2. The number of rotatable bonds is 16. The summed E-state index contributed by atoms with van der Waals surface area (Å²) >= 11 is 0. The fourth-order valence-corrected chi connectivity index (χ4v) is 4.74. The molecule has 2 atom stereocenters. The average molecular weight is 727 g/mol. The molecule has 0 aliphatic heterocycles. The van der Waals surface area contributed by atoms with Crippen molar-refractivity contribution in [3.8, 4) is 0 Å². The molecule has 52 heavy (non-hydrogen) atoms. The van der Waals surface area contributed by atoms with Crippen LogP contribution in [0.2, 0.25) is 0 Å². The van der Waals surface area contributed by atoms with E-state index in [9.17, 15) is 36.7 Å². The number of hydrogen-bond donors (Lipinski definition) is 4. The Labute approximate surface area is 297 Å². The molecule has 4 aromatic carbocycles. The van der Waals surface area contributed by atoms with Gasteiger partial charge in [0.15, 0.2) is 0 Å². The van der Waals surface area contributed by atoms with Crippen molar-refractivity contribution in [1.82, 2.24) is 10.6 Å². The largest absolute Gasteiger partial charge is 0.480 e. The number of carbonyl (C=O) groups excluding carboxylic acids is 2. The van der Waals surface area contributed by atoms with Crippen molar-refractivity contribution in [2.75, 3.05) is 0 Å². The summed E-state index contributed by atoms with van der Waals surface area (Å²) in [5.74, 6) is -9.68. The third-order valence-electron chi connectivity index (χ3n) is 7.22. The highest BCUT2D eigenvalue weighted by molar-refractivity contribution is 5.80. The van der Waals surface area contributed by atoms with Crippen LogP contribution in [-0.2, 0) is 45.1 Å². The zero-order valence-electron chi connectivity index (χ0n) is 27.8. The van der Waals surface area contributed by atoms with Gasteiger partial charge in [-0.2, -0.15) is 0 Å². The molecule has 4 rings (SSSR count). The first kappa shape index (κ1) is 40.5. The predicted octanol–water partition coefficient (Wildman–Crippen LogP) is 7.27. The molecule has 276 valence electrons. The number of alkyl halides is 4. The number of amides is 2. The molecular weight excluding hydrogens is 688 g/mol. The number of halogens is 4. The molecule has 0 aromatic heterocycles. The third kappa shape index (κ3) is 15.7. The van der Waals surface area contributed by atoms with Crippen molar-refractivity contribution in [3.05, 3.63) is 144 Å². The van der Waals surface area contributed by atoms with Crippen molar-refractivity contribution < 1.29 is 56.4 Å². The zero-order valence-corrected chi connectivity index (χ0v) is 27.8. The molecule has 0 spiro atoms. The van der Waals surface area contributed by atoms with E-state index in [1.165, 1.54) is 24.3 Å². The lowest BCUT2D eigenvalue weighted by Gasteiger charge is -2.21. The topological polar surface area (TPSA) is 151 Å². The number of carboxylic acid groups (broad SMARTS) is 2. The van der Waals surface area contributed by atoms with Crippen LogP contribution in [0.25, 0.3) is 0 Å². The first-order chi connectivity index (χ1) is 24.7. The maximum absolute atomic E-state index is 14.2. The van der Waals surface area contributed by atoms with Gasteiger partial charge in [0, 0.05) is 25.7 Å². The summed E-state index contributed by atoms with van der Waals surface area (Å²) in [6.45, 7) is -0.168. The lowest BCUT2D eigenvalue weighted by Crippen LogP contribution is -2.45. The van der Waals surface area contributed by atoms with Gasteiger partial charge < -0.3 is 30.3 Å². The summed E-state index contributed by atoms with van der Waals surface area (Å²) in [4.78, 5) is 45.9. The van der Waals surface area contributed by atoms with E-state index in [1.807, 2.05) is 10.6 Å². The van der Waals surface area contributed by atoms with Crippen LogP contribution in [-0.4, -0.2) is 58.3 Å². The fourth-order valence-electron chi connectivity index (χ4n) is 4.74. The van der Waals surface area contributed by atoms with E-state index in [-0.39, 0.29) is 13.2 Å². The average Bonchev–Trinajstić information content (AvgIpc) is 3.10. The molecule has 0 aliphatic rings. The Balaban J connectivity index is 0.000000280. The van der Waals surface area contributed by atoms with Crippen molar-refractivity contribution in [2.45, 2.75) is 62.8 Å². The van der Waals surface area contributed by atoms with Crippen LogP contribution in [0, 0.1) is 0 Å². The molecule has 4 aromatic rings. The van der Waals surface area contributed by atoms with E-state index in [0.29, 0.717) is 22.3 Å². The van der Waals surface area contributed by atoms with Gasteiger partial charge in [-0.05, 0) is 22.3 Å². The quantitative estimate of drug-likeness (QED) is 0.0881. The minimum Gasteiger partial charge on any atom is -0.480 e. The molecule has 0 saturated carbocycles. The molecule has 0 bridgehead atoms. The molecule has 0 unspecified atom stereocenters. The fraction of sp³-hybridized carbons (Fsp3) is 0.263. The molecule has 2 amide bonds. The first-order valence-corrected chi connectivity index (χ1v) is 15.9. The van der Waals surface area contributed by atoms with Crippen LogP contribution in [0.1, 0.15) is 35.1 Å². The number of carbonyl (C=O) groups is 4. The Hall–Kier alpha value is -5.92. The third-order valence-corrected chi connectivity index (χ3v) is 7.22. The van der Waals surface area contributed by atoms with Gasteiger partial charge in [-0.15, -0.1) is 0 Å². The van der Waals surface area contributed by atoms with E-state index in [1.54, 1.807) is 97.1 Å². The van der Waals surface area contributed by atoms with Crippen molar-refractivity contribution >= 4 is 24.1 Å². The first-order valence-electron chi connectivity index (χ1n) is 15.9. The number of benzene rings is 4. The molecule has 0 fully saturated rings. The van der Waals surface area contributed by atoms with Gasteiger partial charge in [-0.3, -0.25) is 0 Å². The van der Waals surface area contributed by atoms with Gasteiger partial charge in [0.2, 0.25) is 0 Å². The lowest BCUT2D eigenvalue weighted by atomic mass is 10.0. The summed E-state index contributed by atoms with van der Waals surface area (Å²) in [5, 5.41) is 22.2. The second-order valence-corrected chi connectivity index (χ2v) is 11.6. The normalized spacial score (nSPS) is 12.2. The Morgan fingerprint density at radius 3 is 1.04 bits per heavy atom. The van der Waals surface area contributed by atoms with Gasteiger partial charge in [-0.1, -0.05) is 121 Å². The summed E-state index contributed by atoms with van der Waals surface area (Å²) in [6, 6.07) is 30.0. The van der Waals surface area contributed by atoms with E-state index in [0.717, 1.165) is 0 Å². The monoisotopic (exact) mass is 726 g/mol. The molecule has 10 nitrogen and oxygen atoms in total. The smallest absolute Gasteiger partial charge is 0.408 e. The molecular formula is C38H38F4N2O8. The summed E-state index contributed by atoms with van der Waals surface area (Å²) in [5.41, 5.74) is 2.16. The van der Waals surface area contributed by atoms with Crippen LogP contribution in [0.3, 0.4) is 0 Å². The minimum absolute atomic E-state index is 0.0839. The molecule has 0 saturated heterocycles. The molecule has 0 heterocycles. The highest BCUT2D eigenvalue weighted by Crippen LogP contribution is 2.27. The van der Waals surface area contributed by atoms with Crippen molar-refractivity contribution in [3.63, 3.8) is 0 Å². The lowest BCUT2D eigenvalue weighted by molar-refractivity contribution is -0.143. The molecule has 14 heteroatoms. The van der Waals surface area contributed by atoms with Crippen LogP contribution in [0.15, 0.2) is 121 Å². The van der Waals surface area contributed by atoms with E-state index in [4.69, 9.17) is 19.7 Å². The summed E-state index contributed by atoms with van der Waals surface area (Å²) in [7, 11) is 0. The Morgan fingerprint density at radius 1 is 0.500 bits per heavy atom. The van der Waals surface area contributed by atoms with E-state index >= 15 is 0 Å². The number of ether oxygens (including phenoxy) is 2. The van der Waals surface area contributed by atoms with Crippen LogP contribution >= 0.6 is 0 Å². The van der Waals surface area contributed by atoms with Gasteiger partial charge in [0.05, 0.1) is 0 Å². The van der Waals surface area contributed by atoms with Crippen molar-refractivity contribution in [1.29, 1.82) is 0 Å². The summed E-state index contributed by atoms with van der Waals surface area (Å²) in [6.07, 6.45) is -5.40. The molecule has 4 N–H and O–H groups in total. The Kier molecular flexibility index (Phi) is 15.6. The standard InChI is InChI=1S/2C19H19F2NO4/c2*20-19(21,11-14-7-3-1-4-8-14)12-16(17(23)24)22-18(25)26-13-15-9-5-2-6-10-15/h2*1-10,16H,11-13H2,(H,22,25)(H,23,24)/t2*16-/m00/s1. The van der Waals surface area contributed by atoms with Gasteiger partial charge in [-0.25, -0.2) is 36.7 Å². The number of carboxylic acids is 2. The minimum atomic E-state index is -3.29. The Bertz CT molecular complexity index is 1570. The Morgan fingerprint density at radius 2 is 0.769 bits per heavy atom. The highest BCUT2D eigenvalue weighted by atomic mass is 19.3. The SMILES string of the molecule is O=C(N[C@@H](CC(F)(F)Cc1ccccc1)C(=O)O)OCc1ccccc1.O=C(N[C@@H](CC(F)(F)Cc1ccccc1)C(=O)O)OCc1ccccc1. The highest BCUT2D eigenvalue weighted by Gasteiger charge is 2.38. The predicted molar refractivity (Wildman–Crippen MR) is 182 cm³/mol. The second-order valence-electron chi connectivity index (χ2n) is 11.6. The molecule has 0 radical (unpaired) electrons. The van der Waals surface area contributed by atoms with Crippen LogP contribution in [0.5, 0.6) is 0 Å². The van der Waals surface area contributed by atoms with Crippen LogP contribution < -0.4 is 10.6 Å². The van der Waals surface area contributed by atoms with Crippen molar-refractivity contribution in [2.24, 2.45) is 0 Å². The maximum atomic E-state index is 14.2. The van der Waals surface area contributed by atoms with Gasteiger partial charge >= 0.3 is 24.1 Å². The number of nitrogens with one attached hydrogen (secondary N) is 2. The number of alkyl carbamates (subject to hydrolysis) is 2. The van der Waals surface area contributed by atoms with Gasteiger partial charge in [0.25, 0.3) is 11.8 Å². The maximum Gasteiger partial charge on any atom is 0.408 e. The summed E-state index contributed by atoms with van der Waals surface area (Å²) < 4.78 is 66.4. The van der Waals surface area contributed by atoms with E-state index in [2.05, 4.69) is 0 Å². The molecule has 0 aliphatic carbocycles. The second kappa shape index (κ2) is 20.1. The number of hydrogen-bond acceptors (Lipinski definition) is 6. The van der Waals surface area contributed by atoms with Gasteiger partial charge in [0.1, 0.15) is 25.3 Å². The zero-order chi connectivity index (χ0) is 38.0. The van der Waals surface area contributed by atoms with Crippen LogP contribution in [0.4, 0.5) is 27.2 Å². The van der Waals surface area contributed by atoms with E-state index < -0.39 is 73.7 Å².